The molecule has 0 heterocycles. The Kier molecular flexibility index (Phi) is 12.9. The van der Waals surface area contributed by atoms with Crippen LogP contribution in [0.4, 0.5) is 0 Å². The van der Waals surface area contributed by atoms with E-state index >= 15 is 0 Å². The van der Waals surface area contributed by atoms with Gasteiger partial charge in [0.15, 0.2) is 0 Å². The van der Waals surface area contributed by atoms with Crippen molar-refractivity contribution in [2.75, 3.05) is 0 Å². The monoisotopic (exact) mass is 280 g/mol. The van der Waals surface area contributed by atoms with Crippen molar-refractivity contribution < 1.29 is 15.0 Å². The van der Waals surface area contributed by atoms with Crippen molar-refractivity contribution in [3.8, 4) is 11.5 Å². The maximum atomic E-state index is 9.98. The number of hydrogen-bond donors (Lipinski definition) is 2. The zero-order chi connectivity index (χ0) is 15.1. The first-order valence-corrected chi connectivity index (χ1v) is 7.62. The molecule has 0 radical (unpaired) electrons. The summed E-state index contributed by atoms with van der Waals surface area (Å²) in [6, 6.07) is 5.70. The van der Waals surface area contributed by atoms with Gasteiger partial charge in [-0.05, 0) is 30.7 Å². The Balaban J connectivity index is 0.000000388. The van der Waals surface area contributed by atoms with Gasteiger partial charge in [0.25, 0.3) is 0 Å². The van der Waals surface area contributed by atoms with Crippen molar-refractivity contribution in [1.82, 2.24) is 0 Å². The van der Waals surface area contributed by atoms with Crippen molar-refractivity contribution in [2.24, 2.45) is 0 Å². The van der Waals surface area contributed by atoms with Gasteiger partial charge in [-0.3, -0.25) is 0 Å². The highest BCUT2D eigenvalue weighted by molar-refractivity contribution is 5.48. The minimum absolute atomic E-state index is 0.169. The lowest BCUT2D eigenvalue weighted by atomic mass is 10.1. The van der Waals surface area contributed by atoms with Crippen molar-refractivity contribution in [3.63, 3.8) is 0 Å². The van der Waals surface area contributed by atoms with Crippen LogP contribution in [0.2, 0.25) is 0 Å². The molecular formula is C17H28O3. The van der Waals surface area contributed by atoms with E-state index in [2.05, 4.69) is 6.92 Å². The Morgan fingerprint density at radius 3 is 1.60 bits per heavy atom. The molecule has 20 heavy (non-hydrogen) atoms. The number of phenolic OH excluding ortho intramolecular Hbond substituents is 2. The van der Waals surface area contributed by atoms with Crippen LogP contribution in [0.5, 0.6) is 11.5 Å². The predicted molar refractivity (Wildman–Crippen MR) is 83.1 cm³/mol. The highest BCUT2D eigenvalue weighted by Gasteiger charge is 1.90. The fourth-order valence-electron chi connectivity index (χ4n) is 1.81. The minimum Gasteiger partial charge on any atom is -0.508 e. The number of unbranched alkanes of at least 4 members (excludes halogenated alkanes) is 8. The molecule has 0 aliphatic rings. The number of aldehydes is 1. The molecule has 3 nitrogen and oxygen atoms in total. The van der Waals surface area contributed by atoms with Crippen LogP contribution in [-0.2, 0) is 4.79 Å². The van der Waals surface area contributed by atoms with Gasteiger partial charge in [-0.15, -0.1) is 0 Å². The van der Waals surface area contributed by atoms with Gasteiger partial charge in [-0.25, -0.2) is 0 Å². The number of benzene rings is 1. The molecule has 1 rings (SSSR count). The summed E-state index contributed by atoms with van der Waals surface area (Å²) in [5.74, 6) is 0.339. The van der Waals surface area contributed by atoms with Crippen molar-refractivity contribution in [2.45, 2.75) is 64.7 Å². The van der Waals surface area contributed by atoms with E-state index in [4.69, 9.17) is 10.2 Å². The van der Waals surface area contributed by atoms with E-state index in [0.717, 1.165) is 19.1 Å². The van der Waals surface area contributed by atoms with Crippen LogP contribution in [0, 0.1) is 0 Å². The van der Waals surface area contributed by atoms with Crippen molar-refractivity contribution in [1.29, 1.82) is 0 Å². The number of rotatable bonds is 9. The predicted octanol–water partition coefficient (Wildman–Crippen LogP) is 4.81. The number of carbonyl (C=O) groups excluding carboxylic acids is 1. The van der Waals surface area contributed by atoms with Gasteiger partial charge in [0.05, 0.1) is 0 Å². The summed E-state index contributed by atoms with van der Waals surface area (Å²) in [7, 11) is 0. The quantitative estimate of drug-likeness (QED) is 0.387. The van der Waals surface area contributed by atoms with E-state index in [9.17, 15) is 4.79 Å². The lowest BCUT2D eigenvalue weighted by Gasteiger charge is -1.98. The first kappa shape index (κ1) is 18.5. The highest BCUT2D eigenvalue weighted by Crippen LogP contribution is 2.13. The molecule has 1 aromatic carbocycles. The number of hydrogen-bond acceptors (Lipinski definition) is 3. The molecule has 0 aliphatic heterocycles. The maximum absolute atomic E-state index is 9.98. The largest absolute Gasteiger partial charge is 0.508 e. The van der Waals surface area contributed by atoms with Crippen LogP contribution in [0.25, 0.3) is 0 Å². The average molecular weight is 280 g/mol. The second-order valence-corrected chi connectivity index (χ2v) is 4.95. The molecule has 0 spiro atoms. The van der Waals surface area contributed by atoms with E-state index in [1.165, 1.54) is 69.2 Å². The minimum atomic E-state index is 0.169. The molecule has 0 amide bonds. The average Bonchev–Trinajstić information content (AvgIpc) is 2.46. The first-order valence-electron chi connectivity index (χ1n) is 7.62. The van der Waals surface area contributed by atoms with E-state index in [-0.39, 0.29) is 11.5 Å². The molecule has 0 unspecified atom stereocenters. The Bertz CT molecular complexity index is 299. The molecule has 2 N–H and O–H groups in total. The van der Waals surface area contributed by atoms with Crippen molar-refractivity contribution >= 4 is 6.29 Å². The molecule has 0 bridgehead atoms. The summed E-state index contributed by atoms with van der Waals surface area (Å²) in [6.07, 6.45) is 12.3. The Hall–Kier alpha value is -1.51. The molecule has 114 valence electrons. The fraction of sp³-hybridized carbons (Fsp3) is 0.588. The van der Waals surface area contributed by atoms with E-state index in [1.54, 1.807) is 0 Å². The number of aromatic hydroxyl groups is 2. The lowest BCUT2D eigenvalue weighted by Crippen LogP contribution is -1.81. The smallest absolute Gasteiger partial charge is 0.119 e. The maximum Gasteiger partial charge on any atom is 0.119 e. The summed E-state index contributed by atoms with van der Waals surface area (Å²) in [4.78, 5) is 9.98. The topological polar surface area (TPSA) is 57.5 Å². The molecule has 0 aromatic heterocycles. The molecular weight excluding hydrogens is 252 g/mol. The molecule has 3 heteroatoms. The van der Waals surface area contributed by atoms with Gasteiger partial charge in [-0.2, -0.15) is 0 Å². The summed E-state index contributed by atoms with van der Waals surface area (Å²) in [6.45, 7) is 2.24. The third-order valence-corrected chi connectivity index (χ3v) is 3.03. The zero-order valence-corrected chi connectivity index (χ0v) is 12.6. The highest BCUT2D eigenvalue weighted by atomic mass is 16.3. The zero-order valence-electron chi connectivity index (χ0n) is 12.6. The SMILES string of the molecule is CCCCCCCCCCC=O.Oc1ccc(O)cc1. The molecule has 0 fully saturated rings. The number of phenols is 2. The van der Waals surface area contributed by atoms with Crippen LogP contribution in [0.15, 0.2) is 24.3 Å². The van der Waals surface area contributed by atoms with Crippen LogP contribution >= 0.6 is 0 Å². The third-order valence-electron chi connectivity index (χ3n) is 3.03. The van der Waals surface area contributed by atoms with Gasteiger partial charge in [0.2, 0.25) is 0 Å². The molecule has 1 aromatic rings. The second kappa shape index (κ2) is 13.9. The van der Waals surface area contributed by atoms with E-state index in [1.807, 2.05) is 0 Å². The molecule has 0 saturated heterocycles. The molecule has 0 aliphatic carbocycles. The normalized spacial score (nSPS) is 9.65. The third kappa shape index (κ3) is 12.9. The van der Waals surface area contributed by atoms with Gasteiger partial charge >= 0.3 is 0 Å². The van der Waals surface area contributed by atoms with Crippen LogP contribution in [-0.4, -0.2) is 16.5 Å². The summed E-state index contributed by atoms with van der Waals surface area (Å²) in [5, 5.41) is 17.3. The van der Waals surface area contributed by atoms with Gasteiger partial charge in [0, 0.05) is 6.42 Å². The molecule has 0 saturated carbocycles. The lowest BCUT2D eigenvalue weighted by molar-refractivity contribution is -0.107. The van der Waals surface area contributed by atoms with Crippen LogP contribution < -0.4 is 0 Å². The molecule has 0 atom stereocenters. The summed E-state index contributed by atoms with van der Waals surface area (Å²) >= 11 is 0. The second-order valence-electron chi connectivity index (χ2n) is 4.95. The van der Waals surface area contributed by atoms with Crippen LogP contribution in [0.1, 0.15) is 64.7 Å². The Morgan fingerprint density at radius 1 is 0.800 bits per heavy atom. The van der Waals surface area contributed by atoms with Gasteiger partial charge in [-0.1, -0.05) is 51.9 Å². The fourth-order valence-corrected chi connectivity index (χ4v) is 1.81. The van der Waals surface area contributed by atoms with Gasteiger partial charge in [0.1, 0.15) is 17.8 Å². The number of carbonyl (C=O) groups is 1. The Labute approximate surface area is 122 Å². The van der Waals surface area contributed by atoms with Gasteiger partial charge < -0.3 is 15.0 Å². The first-order chi connectivity index (χ1) is 9.70. The summed E-state index contributed by atoms with van der Waals surface area (Å²) in [5.41, 5.74) is 0. The van der Waals surface area contributed by atoms with Crippen molar-refractivity contribution in [3.05, 3.63) is 24.3 Å². The standard InChI is InChI=1S/C11H22O.C6H6O2/c1-2-3-4-5-6-7-8-9-10-11-12;7-5-1-2-6(8)4-3-5/h11H,2-10H2,1H3;1-4,7-8H. The van der Waals surface area contributed by atoms with Crippen LogP contribution in [0.3, 0.4) is 0 Å². The van der Waals surface area contributed by atoms with E-state index in [0.29, 0.717) is 0 Å². The summed E-state index contributed by atoms with van der Waals surface area (Å²) < 4.78 is 0. The van der Waals surface area contributed by atoms with E-state index < -0.39 is 0 Å². The Morgan fingerprint density at radius 2 is 1.20 bits per heavy atom.